The van der Waals surface area contributed by atoms with E-state index in [-0.39, 0.29) is 17.4 Å². The van der Waals surface area contributed by atoms with Crippen molar-refractivity contribution < 1.29 is 18.3 Å². The number of ether oxygens (including phenoxy) is 1. The van der Waals surface area contributed by atoms with E-state index in [4.69, 9.17) is 9.15 Å². The molecule has 0 spiro atoms. The topological polar surface area (TPSA) is 55.6 Å². The first kappa shape index (κ1) is 18.3. The Balaban J connectivity index is 1.62. The first-order chi connectivity index (χ1) is 12.6. The van der Waals surface area contributed by atoms with E-state index in [1.54, 1.807) is 17.0 Å². The van der Waals surface area contributed by atoms with Crippen LogP contribution in [0.15, 0.2) is 52.1 Å². The molecule has 7 heteroatoms. The standard InChI is InChI=1S/C19H19FN2O3S/c1-3-22(11-13-8-9-16(24-2)14(20)10-13)18(23)12-26-19-21-15-6-4-5-7-17(15)25-19/h4-10H,3,11-12H2,1-2H3. The Morgan fingerprint density at radius 2 is 2.12 bits per heavy atom. The molecule has 0 radical (unpaired) electrons. The van der Waals surface area contributed by atoms with Gasteiger partial charge in [0.1, 0.15) is 5.52 Å². The smallest absolute Gasteiger partial charge is 0.257 e. The fourth-order valence-corrected chi connectivity index (χ4v) is 3.27. The van der Waals surface area contributed by atoms with E-state index < -0.39 is 5.82 Å². The second-order valence-electron chi connectivity index (χ2n) is 5.61. The molecule has 1 heterocycles. The van der Waals surface area contributed by atoms with Gasteiger partial charge in [0.2, 0.25) is 5.91 Å². The lowest BCUT2D eigenvalue weighted by atomic mass is 10.2. The highest BCUT2D eigenvalue weighted by Gasteiger charge is 2.16. The Hall–Kier alpha value is -2.54. The number of aromatic nitrogens is 1. The molecule has 3 rings (SSSR count). The molecule has 0 aliphatic carbocycles. The number of rotatable bonds is 7. The summed E-state index contributed by atoms with van der Waals surface area (Å²) >= 11 is 1.25. The molecule has 0 fully saturated rings. The van der Waals surface area contributed by atoms with E-state index in [2.05, 4.69) is 4.98 Å². The van der Waals surface area contributed by atoms with E-state index in [0.29, 0.717) is 29.5 Å². The molecular formula is C19H19FN2O3S. The van der Waals surface area contributed by atoms with Crippen LogP contribution < -0.4 is 4.74 Å². The van der Waals surface area contributed by atoms with Gasteiger partial charge in [-0.05, 0) is 36.8 Å². The minimum absolute atomic E-state index is 0.0593. The summed E-state index contributed by atoms with van der Waals surface area (Å²) in [5, 5.41) is 0.464. The molecule has 0 aliphatic rings. The number of halogens is 1. The van der Waals surface area contributed by atoms with Gasteiger partial charge in [0.05, 0.1) is 12.9 Å². The van der Waals surface area contributed by atoms with Gasteiger partial charge in [0.15, 0.2) is 17.1 Å². The summed E-state index contributed by atoms with van der Waals surface area (Å²) in [7, 11) is 1.42. The average Bonchev–Trinajstić information content (AvgIpc) is 3.07. The van der Waals surface area contributed by atoms with Crippen LogP contribution in [0.4, 0.5) is 4.39 Å². The molecule has 26 heavy (non-hydrogen) atoms. The van der Waals surface area contributed by atoms with Crippen molar-refractivity contribution >= 4 is 28.8 Å². The van der Waals surface area contributed by atoms with Crippen molar-refractivity contribution in [1.29, 1.82) is 0 Å². The molecule has 136 valence electrons. The van der Waals surface area contributed by atoms with Gasteiger partial charge in [0.25, 0.3) is 5.22 Å². The largest absolute Gasteiger partial charge is 0.494 e. The third-order valence-electron chi connectivity index (χ3n) is 3.92. The molecular weight excluding hydrogens is 355 g/mol. The molecule has 0 aliphatic heterocycles. The monoisotopic (exact) mass is 374 g/mol. The van der Waals surface area contributed by atoms with Crippen LogP contribution in [0.3, 0.4) is 0 Å². The molecule has 2 aromatic carbocycles. The van der Waals surface area contributed by atoms with Crippen molar-refractivity contribution in [2.45, 2.75) is 18.7 Å². The van der Waals surface area contributed by atoms with Gasteiger partial charge in [-0.3, -0.25) is 4.79 Å². The molecule has 5 nitrogen and oxygen atoms in total. The van der Waals surface area contributed by atoms with Crippen LogP contribution in [0.5, 0.6) is 5.75 Å². The molecule has 0 unspecified atom stereocenters. The summed E-state index contributed by atoms with van der Waals surface area (Å²) in [5.74, 6) is -0.0979. The van der Waals surface area contributed by atoms with Crippen LogP contribution in [0.25, 0.3) is 11.1 Å². The van der Waals surface area contributed by atoms with Crippen molar-refractivity contribution in [3.05, 3.63) is 53.8 Å². The SMILES string of the molecule is CCN(Cc1ccc(OC)c(F)c1)C(=O)CSc1nc2ccccc2o1. The number of nitrogens with zero attached hydrogens (tertiary/aromatic N) is 2. The van der Waals surface area contributed by atoms with Crippen LogP contribution >= 0.6 is 11.8 Å². The van der Waals surface area contributed by atoms with E-state index in [0.717, 1.165) is 5.52 Å². The highest BCUT2D eigenvalue weighted by atomic mass is 32.2. The van der Waals surface area contributed by atoms with E-state index >= 15 is 0 Å². The summed E-state index contributed by atoms with van der Waals surface area (Å²) in [6, 6.07) is 12.2. The Morgan fingerprint density at radius 3 is 2.81 bits per heavy atom. The first-order valence-corrected chi connectivity index (χ1v) is 9.17. The minimum Gasteiger partial charge on any atom is -0.494 e. The lowest BCUT2D eigenvalue weighted by Gasteiger charge is -2.20. The summed E-state index contributed by atoms with van der Waals surface area (Å²) < 4.78 is 24.3. The quantitative estimate of drug-likeness (QED) is 0.583. The van der Waals surface area contributed by atoms with Gasteiger partial charge in [-0.2, -0.15) is 0 Å². The summed E-state index contributed by atoms with van der Waals surface area (Å²) in [6.45, 7) is 2.76. The second kappa shape index (κ2) is 8.23. The van der Waals surface area contributed by atoms with Crippen LogP contribution in [0, 0.1) is 5.82 Å². The van der Waals surface area contributed by atoms with Gasteiger partial charge in [0, 0.05) is 13.1 Å². The van der Waals surface area contributed by atoms with Crippen LogP contribution in [-0.2, 0) is 11.3 Å². The fraction of sp³-hybridized carbons (Fsp3) is 0.263. The number of amides is 1. The van der Waals surface area contributed by atoms with Crippen molar-refractivity contribution in [1.82, 2.24) is 9.88 Å². The molecule has 0 bridgehead atoms. The lowest BCUT2D eigenvalue weighted by molar-refractivity contribution is -0.128. The maximum atomic E-state index is 13.8. The lowest BCUT2D eigenvalue weighted by Crippen LogP contribution is -2.31. The van der Waals surface area contributed by atoms with Gasteiger partial charge in [-0.15, -0.1) is 0 Å². The molecule has 0 atom stereocenters. The minimum atomic E-state index is -0.436. The first-order valence-electron chi connectivity index (χ1n) is 8.19. The van der Waals surface area contributed by atoms with Gasteiger partial charge >= 0.3 is 0 Å². The molecule has 1 amide bonds. The summed E-state index contributed by atoms with van der Waals surface area (Å²) in [6.07, 6.45) is 0. The zero-order valence-electron chi connectivity index (χ0n) is 14.6. The number of benzene rings is 2. The highest BCUT2D eigenvalue weighted by molar-refractivity contribution is 7.99. The number of methoxy groups -OCH3 is 1. The average molecular weight is 374 g/mol. The normalized spacial score (nSPS) is 10.9. The Labute approximate surface area is 155 Å². The maximum Gasteiger partial charge on any atom is 0.257 e. The van der Waals surface area contributed by atoms with Crippen LogP contribution in [0.2, 0.25) is 0 Å². The zero-order valence-corrected chi connectivity index (χ0v) is 15.4. The Morgan fingerprint density at radius 1 is 1.31 bits per heavy atom. The second-order valence-corrected chi connectivity index (χ2v) is 6.54. The van der Waals surface area contributed by atoms with Crippen LogP contribution in [0.1, 0.15) is 12.5 Å². The van der Waals surface area contributed by atoms with E-state index in [9.17, 15) is 9.18 Å². The molecule has 1 aromatic heterocycles. The highest BCUT2D eigenvalue weighted by Crippen LogP contribution is 2.24. The van der Waals surface area contributed by atoms with Crippen molar-refractivity contribution in [2.75, 3.05) is 19.4 Å². The van der Waals surface area contributed by atoms with Gasteiger partial charge in [-0.25, -0.2) is 9.37 Å². The van der Waals surface area contributed by atoms with Gasteiger partial charge < -0.3 is 14.1 Å². The third kappa shape index (κ3) is 4.16. The number of thioether (sulfide) groups is 1. The number of hydrogen-bond donors (Lipinski definition) is 0. The number of carbonyl (C=O) groups is 1. The number of carbonyl (C=O) groups excluding carboxylic acids is 1. The number of oxazole rings is 1. The van der Waals surface area contributed by atoms with Crippen molar-refractivity contribution in [2.24, 2.45) is 0 Å². The predicted octanol–water partition coefficient (Wildman–Crippen LogP) is 4.12. The molecule has 0 N–H and O–H groups in total. The summed E-state index contributed by atoms with van der Waals surface area (Å²) in [4.78, 5) is 18.5. The van der Waals surface area contributed by atoms with Crippen molar-refractivity contribution in [3.8, 4) is 5.75 Å². The van der Waals surface area contributed by atoms with Gasteiger partial charge in [-0.1, -0.05) is 30.0 Å². The van der Waals surface area contributed by atoms with Crippen LogP contribution in [-0.4, -0.2) is 35.2 Å². The van der Waals surface area contributed by atoms with E-state index in [1.165, 1.54) is 24.9 Å². The molecule has 0 saturated heterocycles. The fourth-order valence-electron chi connectivity index (χ4n) is 2.53. The Kier molecular flexibility index (Phi) is 5.78. The number of fused-ring (bicyclic) bond motifs is 1. The van der Waals surface area contributed by atoms with Crippen molar-refractivity contribution in [3.63, 3.8) is 0 Å². The number of para-hydroxylation sites is 2. The van der Waals surface area contributed by atoms with E-state index in [1.807, 2.05) is 31.2 Å². The predicted molar refractivity (Wildman–Crippen MR) is 98.8 cm³/mol. The molecule has 0 saturated carbocycles. The Bertz CT molecular complexity index is 880. The summed E-state index contributed by atoms with van der Waals surface area (Å²) in [5.41, 5.74) is 2.18. The number of hydrogen-bond acceptors (Lipinski definition) is 5. The molecule has 3 aromatic rings. The maximum absolute atomic E-state index is 13.8. The zero-order chi connectivity index (χ0) is 18.5. The third-order valence-corrected chi connectivity index (χ3v) is 4.73.